The maximum atomic E-state index is 11.3. The summed E-state index contributed by atoms with van der Waals surface area (Å²) in [5, 5.41) is 19.9. The first kappa shape index (κ1) is 12.4. The molecule has 0 bridgehead atoms. The highest BCUT2D eigenvalue weighted by Crippen LogP contribution is 2.00. The monoisotopic (exact) mass is 254 g/mol. The summed E-state index contributed by atoms with van der Waals surface area (Å²) in [6.45, 7) is 1.57. The first-order valence-corrected chi connectivity index (χ1v) is 5.42. The smallest absolute Gasteiger partial charge is 0.274 e. The van der Waals surface area contributed by atoms with Crippen molar-refractivity contribution in [3.05, 3.63) is 51.4 Å². The Labute approximate surface area is 108 Å². The van der Waals surface area contributed by atoms with Crippen molar-refractivity contribution in [2.75, 3.05) is 5.43 Å². The van der Waals surface area contributed by atoms with Crippen molar-refractivity contribution in [1.29, 1.82) is 5.26 Å². The number of nitrogens with zero attached hydrogens (tertiary/aromatic N) is 4. The number of benzene rings is 1. The average Bonchev–Trinajstić information content (AvgIpc) is 2.43. The standard InChI is InChI=1S/C12H10N6O/c1-8-11(19)15-12(18-16-8)17-14-7-10-4-2-9(6-13)3-5-10/h2-5,7H,1H3,(H2,15,17,18,19). The molecule has 1 aromatic carbocycles. The molecule has 0 atom stereocenters. The fraction of sp³-hybridized carbons (Fsp3) is 0.0833. The van der Waals surface area contributed by atoms with Crippen LogP contribution in [-0.4, -0.2) is 21.4 Å². The van der Waals surface area contributed by atoms with Crippen molar-refractivity contribution in [3.63, 3.8) is 0 Å². The van der Waals surface area contributed by atoms with E-state index < -0.39 is 0 Å². The van der Waals surface area contributed by atoms with Gasteiger partial charge >= 0.3 is 0 Å². The molecule has 0 fully saturated rings. The lowest BCUT2D eigenvalue weighted by atomic mass is 10.2. The summed E-state index contributed by atoms with van der Waals surface area (Å²) in [5.41, 5.74) is 3.94. The van der Waals surface area contributed by atoms with Gasteiger partial charge in [0.1, 0.15) is 5.69 Å². The lowest BCUT2D eigenvalue weighted by Gasteiger charge is -1.98. The van der Waals surface area contributed by atoms with Crippen molar-refractivity contribution >= 4 is 12.2 Å². The van der Waals surface area contributed by atoms with E-state index in [9.17, 15) is 4.79 Å². The number of rotatable bonds is 3. The maximum Gasteiger partial charge on any atom is 0.274 e. The SMILES string of the molecule is Cc1nnc(NN=Cc2ccc(C#N)cc2)[nH]c1=O. The van der Waals surface area contributed by atoms with Crippen molar-refractivity contribution in [3.8, 4) is 6.07 Å². The molecule has 0 saturated heterocycles. The Morgan fingerprint density at radius 2 is 2.11 bits per heavy atom. The lowest BCUT2D eigenvalue weighted by Crippen LogP contribution is -2.15. The first-order chi connectivity index (χ1) is 9.19. The molecule has 0 aliphatic carbocycles. The van der Waals surface area contributed by atoms with E-state index in [1.54, 1.807) is 37.4 Å². The quantitative estimate of drug-likeness (QED) is 0.622. The minimum absolute atomic E-state index is 0.167. The van der Waals surface area contributed by atoms with Crippen LogP contribution < -0.4 is 11.0 Å². The van der Waals surface area contributed by atoms with Crippen LogP contribution in [0, 0.1) is 18.3 Å². The van der Waals surface area contributed by atoms with Crippen LogP contribution in [0.1, 0.15) is 16.8 Å². The Morgan fingerprint density at radius 1 is 1.37 bits per heavy atom. The molecular weight excluding hydrogens is 244 g/mol. The Hall–Kier alpha value is -3.01. The summed E-state index contributed by atoms with van der Waals surface area (Å²) in [7, 11) is 0. The number of aromatic nitrogens is 3. The van der Waals surface area contributed by atoms with E-state index in [1.165, 1.54) is 0 Å². The summed E-state index contributed by atoms with van der Waals surface area (Å²) >= 11 is 0. The van der Waals surface area contributed by atoms with Gasteiger partial charge in [0.15, 0.2) is 0 Å². The minimum Gasteiger partial charge on any atom is -0.288 e. The van der Waals surface area contributed by atoms with Gasteiger partial charge < -0.3 is 0 Å². The number of hydrazone groups is 1. The Kier molecular flexibility index (Phi) is 3.64. The van der Waals surface area contributed by atoms with Gasteiger partial charge in [-0.05, 0) is 24.6 Å². The van der Waals surface area contributed by atoms with Gasteiger partial charge in [0.2, 0.25) is 5.95 Å². The zero-order valence-corrected chi connectivity index (χ0v) is 10.1. The van der Waals surface area contributed by atoms with Crippen molar-refractivity contribution in [2.45, 2.75) is 6.92 Å². The van der Waals surface area contributed by atoms with Crippen LogP contribution in [0.4, 0.5) is 5.95 Å². The highest BCUT2D eigenvalue weighted by molar-refractivity contribution is 5.80. The molecule has 1 aromatic heterocycles. The third-order valence-electron chi connectivity index (χ3n) is 2.28. The molecule has 7 heteroatoms. The average molecular weight is 254 g/mol. The summed E-state index contributed by atoms with van der Waals surface area (Å²) in [4.78, 5) is 13.7. The second-order valence-electron chi connectivity index (χ2n) is 3.69. The third-order valence-corrected chi connectivity index (χ3v) is 2.28. The molecule has 0 saturated carbocycles. The van der Waals surface area contributed by atoms with E-state index in [4.69, 9.17) is 5.26 Å². The molecule has 1 heterocycles. The van der Waals surface area contributed by atoms with Crippen molar-refractivity contribution in [1.82, 2.24) is 15.2 Å². The number of anilines is 1. The molecule has 0 unspecified atom stereocenters. The second kappa shape index (κ2) is 5.55. The van der Waals surface area contributed by atoms with Gasteiger partial charge in [0.25, 0.3) is 5.56 Å². The van der Waals surface area contributed by atoms with Gasteiger partial charge in [-0.3, -0.25) is 9.78 Å². The van der Waals surface area contributed by atoms with E-state index in [0.717, 1.165) is 5.56 Å². The van der Waals surface area contributed by atoms with Crippen LogP contribution in [0.3, 0.4) is 0 Å². The van der Waals surface area contributed by atoms with Gasteiger partial charge in [0, 0.05) is 0 Å². The summed E-state index contributed by atoms with van der Waals surface area (Å²) in [5.74, 6) is 0.167. The number of aromatic amines is 1. The number of aryl methyl sites for hydroxylation is 1. The van der Waals surface area contributed by atoms with E-state index in [2.05, 4.69) is 25.7 Å². The maximum absolute atomic E-state index is 11.3. The molecule has 0 amide bonds. The fourth-order valence-electron chi connectivity index (χ4n) is 1.26. The fourth-order valence-corrected chi connectivity index (χ4v) is 1.26. The predicted octanol–water partition coefficient (Wildman–Crippen LogP) is 0.791. The molecule has 7 nitrogen and oxygen atoms in total. The van der Waals surface area contributed by atoms with Crippen molar-refractivity contribution < 1.29 is 0 Å². The Morgan fingerprint density at radius 3 is 2.74 bits per heavy atom. The van der Waals surface area contributed by atoms with E-state index in [-0.39, 0.29) is 11.5 Å². The van der Waals surface area contributed by atoms with Crippen LogP contribution in [0.15, 0.2) is 34.2 Å². The molecule has 2 N–H and O–H groups in total. The Balaban J connectivity index is 2.05. The van der Waals surface area contributed by atoms with Crippen LogP contribution in [0.25, 0.3) is 0 Å². The third kappa shape index (κ3) is 3.23. The minimum atomic E-state index is -0.314. The highest BCUT2D eigenvalue weighted by atomic mass is 16.1. The largest absolute Gasteiger partial charge is 0.288 e. The molecule has 0 spiro atoms. The molecular formula is C12H10N6O. The molecule has 0 aliphatic rings. The normalized spacial score (nSPS) is 10.3. The van der Waals surface area contributed by atoms with Crippen LogP contribution in [-0.2, 0) is 0 Å². The predicted molar refractivity (Wildman–Crippen MR) is 69.8 cm³/mol. The molecule has 0 aliphatic heterocycles. The number of nitriles is 1. The zero-order valence-electron chi connectivity index (χ0n) is 10.1. The van der Waals surface area contributed by atoms with Gasteiger partial charge in [-0.2, -0.15) is 10.4 Å². The Bertz CT molecular complexity index is 695. The van der Waals surface area contributed by atoms with E-state index in [0.29, 0.717) is 11.3 Å². The zero-order chi connectivity index (χ0) is 13.7. The number of nitrogens with one attached hydrogen (secondary N) is 2. The summed E-state index contributed by atoms with van der Waals surface area (Å²) in [6, 6.07) is 8.92. The first-order valence-electron chi connectivity index (χ1n) is 5.42. The molecule has 0 radical (unpaired) electrons. The van der Waals surface area contributed by atoms with Crippen LogP contribution in [0.2, 0.25) is 0 Å². The van der Waals surface area contributed by atoms with Gasteiger partial charge in [-0.15, -0.1) is 10.2 Å². The van der Waals surface area contributed by atoms with Crippen LogP contribution >= 0.6 is 0 Å². The number of hydrogen-bond donors (Lipinski definition) is 2. The van der Waals surface area contributed by atoms with Crippen LogP contribution in [0.5, 0.6) is 0 Å². The van der Waals surface area contributed by atoms with E-state index >= 15 is 0 Å². The number of H-pyrrole nitrogens is 1. The van der Waals surface area contributed by atoms with Gasteiger partial charge in [-0.25, -0.2) is 5.43 Å². The molecule has 2 aromatic rings. The molecule has 2 rings (SSSR count). The summed E-state index contributed by atoms with van der Waals surface area (Å²) in [6.07, 6.45) is 1.54. The van der Waals surface area contributed by atoms with Gasteiger partial charge in [0.05, 0.1) is 17.8 Å². The van der Waals surface area contributed by atoms with Gasteiger partial charge in [-0.1, -0.05) is 12.1 Å². The molecule has 94 valence electrons. The lowest BCUT2D eigenvalue weighted by molar-refractivity contribution is 0.897. The molecule has 19 heavy (non-hydrogen) atoms. The number of hydrogen-bond acceptors (Lipinski definition) is 6. The highest BCUT2D eigenvalue weighted by Gasteiger charge is 1.97. The summed E-state index contributed by atoms with van der Waals surface area (Å²) < 4.78 is 0. The van der Waals surface area contributed by atoms with Crippen molar-refractivity contribution in [2.24, 2.45) is 5.10 Å². The van der Waals surface area contributed by atoms with E-state index in [1.807, 2.05) is 6.07 Å². The topological polar surface area (TPSA) is 107 Å². The second-order valence-corrected chi connectivity index (χ2v) is 3.69.